The molecule has 3 nitrogen and oxygen atoms in total. The largest absolute Gasteiger partial charge is 0.508 e. The lowest BCUT2D eigenvalue weighted by atomic mass is 9.85. The van der Waals surface area contributed by atoms with Gasteiger partial charge in [-0.1, -0.05) is 72.4 Å². The zero-order valence-corrected chi connectivity index (χ0v) is 17.0. The Morgan fingerprint density at radius 2 is 1.92 bits per heavy atom. The van der Waals surface area contributed by atoms with E-state index in [4.69, 9.17) is 1.37 Å². The number of aromatic hydroxyl groups is 1. The van der Waals surface area contributed by atoms with Gasteiger partial charge in [-0.25, -0.2) is 0 Å². The van der Waals surface area contributed by atoms with Crippen LogP contribution in [0.25, 0.3) is 0 Å². The molecule has 0 aliphatic rings. The van der Waals surface area contributed by atoms with Gasteiger partial charge in [-0.3, -0.25) is 4.79 Å². The van der Waals surface area contributed by atoms with Gasteiger partial charge < -0.3 is 10.2 Å². The highest BCUT2D eigenvalue weighted by molar-refractivity contribution is 7.99. The summed E-state index contributed by atoms with van der Waals surface area (Å²) in [7, 11) is 0. The summed E-state index contributed by atoms with van der Waals surface area (Å²) in [6.45, 7) is 10.3. The number of rotatable bonds is 10. The fourth-order valence-corrected chi connectivity index (χ4v) is 3.72. The summed E-state index contributed by atoms with van der Waals surface area (Å²) >= 11 is 1.45. The van der Waals surface area contributed by atoms with Crippen molar-refractivity contribution in [3.8, 4) is 5.75 Å². The Kier molecular flexibility index (Phi) is 8.14. The highest BCUT2D eigenvalue weighted by Crippen LogP contribution is 2.33. The van der Waals surface area contributed by atoms with Crippen LogP contribution in [0, 0.1) is 5.92 Å². The lowest BCUT2D eigenvalue weighted by Gasteiger charge is -2.21. The SMILES string of the molecule is [2H]C(CCCCC(SCc1ccc(O)c(C(C)(C)C)c1)C(=O)O)C(C)C. The minimum absolute atomic E-state index is 0.0567. The Hall–Kier alpha value is -1.16. The van der Waals surface area contributed by atoms with E-state index < -0.39 is 11.2 Å². The number of phenolic OH excluding ortho intramolecular Hbond substituents is 1. The van der Waals surface area contributed by atoms with E-state index >= 15 is 0 Å². The number of carboxylic acids is 1. The van der Waals surface area contributed by atoms with Crippen molar-refractivity contribution in [3.63, 3.8) is 0 Å². The molecule has 4 heteroatoms. The van der Waals surface area contributed by atoms with Gasteiger partial charge in [-0.05, 0) is 34.9 Å². The Balaban J connectivity index is 2.57. The molecule has 0 heterocycles. The van der Waals surface area contributed by atoms with Crippen molar-refractivity contribution >= 4 is 17.7 Å². The van der Waals surface area contributed by atoms with Gasteiger partial charge in [0.25, 0.3) is 0 Å². The van der Waals surface area contributed by atoms with Gasteiger partial charge in [0.05, 0.1) is 0 Å². The first kappa shape index (κ1) is 20.2. The van der Waals surface area contributed by atoms with E-state index in [2.05, 4.69) is 34.6 Å². The second-order valence-corrected chi connectivity index (χ2v) is 9.19. The maximum absolute atomic E-state index is 11.5. The van der Waals surface area contributed by atoms with Gasteiger partial charge in [0.15, 0.2) is 0 Å². The summed E-state index contributed by atoms with van der Waals surface area (Å²) < 4.78 is 7.94. The van der Waals surface area contributed by atoms with Gasteiger partial charge in [0, 0.05) is 7.12 Å². The average molecular weight is 368 g/mol. The number of benzene rings is 1. The molecule has 0 fully saturated rings. The van der Waals surface area contributed by atoms with Crippen LogP contribution in [0.1, 0.15) is 79.2 Å². The Bertz CT molecular complexity index is 581. The van der Waals surface area contributed by atoms with Crippen LogP contribution in [0.3, 0.4) is 0 Å². The molecule has 0 saturated heterocycles. The third kappa shape index (κ3) is 8.17. The molecule has 142 valence electrons. The van der Waals surface area contributed by atoms with Crippen molar-refractivity contribution < 1.29 is 16.4 Å². The van der Waals surface area contributed by atoms with Gasteiger partial charge in [0.1, 0.15) is 11.0 Å². The molecular formula is C21H34O3S. The van der Waals surface area contributed by atoms with E-state index in [1.165, 1.54) is 11.8 Å². The van der Waals surface area contributed by atoms with Crippen LogP contribution >= 0.6 is 11.8 Å². The lowest BCUT2D eigenvalue weighted by Crippen LogP contribution is -2.16. The van der Waals surface area contributed by atoms with Gasteiger partial charge >= 0.3 is 5.97 Å². The standard InChI is InChI=1S/C21H34O3S/c1-15(2)9-7-6-8-10-19(20(23)24)25-14-16-11-12-18(22)17(13-16)21(3,4)5/h11-13,15,19,22H,6-10,14H2,1-5H3,(H,23,24)/i9D. The number of unbranched alkanes of at least 4 members (excludes halogenated alkanes) is 1. The number of hydrogen-bond donors (Lipinski definition) is 2. The van der Waals surface area contributed by atoms with Crippen molar-refractivity contribution in [2.24, 2.45) is 5.92 Å². The molecule has 0 aliphatic heterocycles. The van der Waals surface area contributed by atoms with Crippen molar-refractivity contribution in [1.82, 2.24) is 0 Å². The molecule has 0 spiro atoms. The van der Waals surface area contributed by atoms with Crippen molar-refractivity contribution in [2.75, 3.05) is 0 Å². The topological polar surface area (TPSA) is 57.5 Å². The van der Waals surface area contributed by atoms with Crippen LogP contribution in [0.15, 0.2) is 18.2 Å². The van der Waals surface area contributed by atoms with Gasteiger partial charge in [-0.2, -0.15) is 0 Å². The van der Waals surface area contributed by atoms with Crippen LogP contribution in [-0.4, -0.2) is 21.4 Å². The average Bonchev–Trinajstić information content (AvgIpc) is 2.53. The number of carboxylic acid groups (broad SMARTS) is 1. The predicted octanol–water partition coefficient (Wildman–Crippen LogP) is 5.98. The van der Waals surface area contributed by atoms with Crippen LogP contribution in [0.4, 0.5) is 0 Å². The smallest absolute Gasteiger partial charge is 0.316 e. The number of phenols is 1. The first-order valence-electron chi connectivity index (χ1n) is 9.69. The van der Waals surface area contributed by atoms with E-state index in [1.54, 1.807) is 6.07 Å². The number of thioether (sulfide) groups is 1. The minimum Gasteiger partial charge on any atom is -0.508 e. The summed E-state index contributed by atoms with van der Waals surface area (Å²) in [5, 5.41) is 19.1. The zero-order valence-electron chi connectivity index (χ0n) is 17.2. The molecule has 2 atom stereocenters. The molecule has 1 aromatic carbocycles. The molecule has 0 bridgehead atoms. The van der Waals surface area contributed by atoms with Crippen LogP contribution in [0.5, 0.6) is 5.75 Å². The third-order valence-corrected chi connectivity index (χ3v) is 5.49. The number of hydrogen-bond acceptors (Lipinski definition) is 3. The summed E-state index contributed by atoms with van der Waals surface area (Å²) in [4.78, 5) is 11.5. The van der Waals surface area contributed by atoms with Gasteiger partial charge in [-0.15, -0.1) is 11.8 Å². The van der Waals surface area contributed by atoms with E-state index in [-0.39, 0.29) is 17.6 Å². The van der Waals surface area contributed by atoms with Crippen molar-refractivity contribution in [2.45, 2.75) is 83.1 Å². The molecule has 25 heavy (non-hydrogen) atoms. The third-order valence-electron chi connectivity index (χ3n) is 4.15. The fourth-order valence-electron chi connectivity index (χ4n) is 2.67. The van der Waals surface area contributed by atoms with Crippen LogP contribution < -0.4 is 0 Å². The van der Waals surface area contributed by atoms with E-state index in [0.717, 1.165) is 30.4 Å². The highest BCUT2D eigenvalue weighted by atomic mass is 32.2. The first-order chi connectivity index (χ1) is 12.0. The molecular weight excluding hydrogens is 332 g/mol. The highest BCUT2D eigenvalue weighted by Gasteiger charge is 2.20. The van der Waals surface area contributed by atoms with E-state index in [9.17, 15) is 15.0 Å². The van der Waals surface area contributed by atoms with Crippen molar-refractivity contribution in [1.29, 1.82) is 0 Å². The van der Waals surface area contributed by atoms with Crippen LogP contribution in [0.2, 0.25) is 0 Å². The minimum atomic E-state index is -0.767. The van der Waals surface area contributed by atoms with Crippen LogP contribution in [-0.2, 0) is 16.0 Å². The predicted molar refractivity (Wildman–Crippen MR) is 107 cm³/mol. The molecule has 0 aromatic heterocycles. The fraction of sp³-hybridized carbons (Fsp3) is 0.667. The molecule has 1 rings (SSSR count). The molecule has 0 amide bonds. The maximum atomic E-state index is 11.5. The summed E-state index contributed by atoms with van der Waals surface area (Å²) in [6.07, 6.45) is 3.16. The normalized spacial score (nSPS) is 15.0. The molecule has 2 unspecified atom stereocenters. The molecule has 0 aliphatic carbocycles. The summed E-state index contributed by atoms with van der Waals surface area (Å²) in [5.41, 5.74) is 1.77. The molecule has 2 N–H and O–H groups in total. The molecule has 0 saturated carbocycles. The van der Waals surface area contributed by atoms with E-state index in [0.29, 0.717) is 18.1 Å². The second-order valence-electron chi connectivity index (χ2n) is 8.00. The quantitative estimate of drug-likeness (QED) is 0.499. The second kappa shape index (κ2) is 10.1. The van der Waals surface area contributed by atoms with Gasteiger partial charge in [0.2, 0.25) is 0 Å². The Labute approximate surface area is 158 Å². The Morgan fingerprint density at radius 1 is 1.24 bits per heavy atom. The summed E-state index contributed by atoms with van der Waals surface area (Å²) in [5.74, 6) is 0.492. The number of aliphatic carboxylic acids is 1. The molecule has 0 radical (unpaired) electrons. The first-order valence-corrected chi connectivity index (χ1v) is 10.2. The maximum Gasteiger partial charge on any atom is 0.316 e. The number of carbonyl (C=O) groups is 1. The van der Waals surface area contributed by atoms with E-state index in [1.807, 2.05) is 12.1 Å². The monoisotopic (exact) mass is 367 g/mol. The molecule has 1 aromatic rings. The van der Waals surface area contributed by atoms with Crippen molar-refractivity contribution in [3.05, 3.63) is 29.3 Å². The Morgan fingerprint density at radius 3 is 2.48 bits per heavy atom. The lowest BCUT2D eigenvalue weighted by molar-refractivity contribution is -0.136. The summed E-state index contributed by atoms with van der Waals surface area (Å²) in [6, 6.07) is 5.55. The zero-order chi connectivity index (χ0) is 19.9.